The maximum Gasteiger partial charge on any atom is 0.260 e. The number of thiazole rings is 1. The minimum absolute atomic E-state index is 0.261. The van der Waals surface area contributed by atoms with Gasteiger partial charge in [-0.15, -0.1) is 0 Å². The number of amides is 1. The van der Waals surface area contributed by atoms with E-state index in [2.05, 4.69) is 4.98 Å². The highest BCUT2D eigenvalue weighted by atomic mass is 32.1. The van der Waals surface area contributed by atoms with E-state index in [-0.39, 0.29) is 12.5 Å². The number of carbonyl (C=O) groups is 1. The summed E-state index contributed by atoms with van der Waals surface area (Å²) in [5, 5.41) is 0.512. The number of rotatable bonds is 9. The van der Waals surface area contributed by atoms with Crippen molar-refractivity contribution in [2.45, 2.75) is 6.54 Å². The summed E-state index contributed by atoms with van der Waals surface area (Å²) < 4.78 is 28.0. The van der Waals surface area contributed by atoms with E-state index >= 15 is 0 Å². The van der Waals surface area contributed by atoms with E-state index in [1.165, 1.54) is 32.7 Å². The largest absolute Gasteiger partial charge is 0.493 e. The van der Waals surface area contributed by atoms with Crippen molar-refractivity contribution in [1.82, 2.24) is 9.97 Å². The zero-order valence-corrected chi connectivity index (χ0v) is 20.8. The summed E-state index contributed by atoms with van der Waals surface area (Å²) in [6, 6.07) is 10.6. The lowest BCUT2D eigenvalue weighted by Crippen LogP contribution is -2.30. The molecule has 0 aliphatic heterocycles. The topological polar surface area (TPSA) is 92.2 Å². The number of methoxy groups -OCH3 is 5. The van der Waals surface area contributed by atoms with Crippen LogP contribution in [0.3, 0.4) is 0 Å². The van der Waals surface area contributed by atoms with Gasteiger partial charge in [0.05, 0.1) is 52.3 Å². The molecule has 35 heavy (non-hydrogen) atoms. The summed E-state index contributed by atoms with van der Waals surface area (Å²) in [5.41, 5.74) is 1.90. The Morgan fingerprint density at radius 1 is 0.886 bits per heavy atom. The molecule has 0 radical (unpaired) electrons. The molecular formula is C25H25N3O6S. The molecule has 2 heterocycles. The highest BCUT2D eigenvalue weighted by Gasteiger charge is 2.25. The van der Waals surface area contributed by atoms with Crippen molar-refractivity contribution in [3.8, 4) is 28.7 Å². The number of benzene rings is 2. The van der Waals surface area contributed by atoms with Crippen LogP contribution < -0.4 is 28.6 Å². The summed E-state index contributed by atoms with van der Waals surface area (Å²) in [4.78, 5) is 24.4. The first-order valence-corrected chi connectivity index (χ1v) is 11.4. The van der Waals surface area contributed by atoms with Crippen molar-refractivity contribution >= 4 is 32.6 Å². The van der Waals surface area contributed by atoms with Gasteiger partial charge in [0, 0.05) is 30.1 Å². The van der Waals surface area contributed by atoms with Gasteiger partial charge in [0.2, 0.25) is 5.75 Å². The minimum atomic E-state index is -0.286. The van der Waals surface area contributed by atoms with Crippen molar-refractivity contribution in [2.24, 2.45) is 0 Å². The predicted molar refractivity (Wildman–Crippen MR) is 134 cm³/mol. The number of nitrogens with zero attached hydrogens (tertiary/aromatic N) is 3. The van der Waals surface area contributed by atoms with Crippen LogP contribution in [0, 0.1) is 0 Å². The molecule has 1 amide bonds. The molecule has 0 fully saturated rings. The first-order valence-electron chi connectivity index (χ1n) is 10.6. The van der Waals surface area contributed by atoms with E-state index in [0.29, 0.717) is 45.0 Å². The normalized spacial score (nSPS) is 10.7. The maximum atomic E-state index is 13.9. The number of hydrogen-bond acceptors (Lipinski definition) is 9. The molecule has 2 aromatic heterocycles. The molecule has 4 rings (SSSR count). The Hall–Kier alpha value is -4.05. The third-order valence-electron chi connectivity index (χ3n) is 5.33. The monoisotopic (exact) mass is 495 g/mol. The lowest BCUT2D eigenvalue weighted by Gasteiger charge is -2.21. The van der Waals surface area contributed by atoms with Gasteiger partial charge in [-0.05, 0) is 23.8 Å². The van der Waals surface area contributed by atoms with Crippen molar-refractivity contribution in [3.05, 3.63) is 59.9 Å². The van der Waals surface area contributed by atoms with E-state index < -0.39 is 0 Å². The highest BCUT2D eigenvalue weighted by molar-refractivity contribution is 7.22. The summed E-state index contributed by atoms with van der Waals surface area (Å²) in [6.45, 7) is 0.261. The van der Waals surface area contributed by atoms with Crippen LogP contribution in [0.5, 0.6) is 28.7 Å². The molecule has 2 aromatic carbocycles. The van der Waals surface area contributed by atoms with Gasteiger partial charge in [0.1, 0.15) is 0 Å². The Morgan fingerprint density at radius 2 is 1.54 bits per heavy atom. The molecule has 0 atom stereocenters. The molecule has 182 valence electrons. The van der Waals surface area contributed by atoms with Crippen LogP contribution in [0.4, 0.5) is 5.13 Å². The fraction of sp³-hybridized carbons (Fsp3) is 0.240. The number of anilines is 1. The lowest BCUT2D eigenvalue weighted by molar-refractivity contribution is 0.0984. The van der Waals surface area contributed by atoms with Gasteiger partial charge in [0.15, 0.2) is 28.1 Å². The van der Waals surface area contributed by atoms with Crippen LogP contribution in [0.15, 0.2) is 48.8 Å². The first-order chi connectivity index (χ1) is 17.0. The predicted octanol–water partition coefficient (Wildman–Crippen LogP) is 4.58. The van der Waals surface area contributed by atoms with Crippen LogP contribution in [-0.4, -0.2) is 51.4 Å². The second kappa shape index (κ2) is 10.5. The third kappa shape index (κ3) is 4.78. The highest BCUT2D eigenvalue weighted by Crippen LogP contribution is 2.40. The average molecular weight is 496 g/mol. The fourth-order valence-corrected chi connectivity index (χ4v) is 4.59. The van der Waals surface area contributed by atoms with Crippen LogP contribution in [0.2, 0.25) is 0 Å². The molecule has 0 aliphatic carbocycles. The second-order valence-corrected chi connectivity index (χ2v) is 8.35. The van der Waals surface area contributed by atoms with Crippen LogP contribution in [-0.2, 0) is 6.54 Å². The molecular weight excluding hydrogens is 470 g/mol. The van der Waals surface area contributed by atoms with Gasteiger partial charge in [0.25, 0.3) is 5.91 Å². The Morgan fingerprint density at radius 3 is 2.11 bits per heavy atom. The Bertz CT molecular complexity index is 1280. The van der Waals surface area contributed by atoms with Gasteiger partial charge < -0.3 is 23.7 Å². The van der Waals surface area contributed by atoms with E-state index in [4.69, 9.17) is 28.7 Å². The summed E-state index contributed by atoms with van der Waals surface area (Å²) in [7, 11) is 7.68. The lowest BCUT2D eigenvalue weighted by atomic mass is 10.1. The van der Waals surface area contributed by atoms with Crippen molar-refractivity contribution < 1.29 is 28.5 Å². The zero-order valence-electron chi connectivity index (χ0n) is 20.0. The smallest absolute Gasteiger partial charge is 0.260 e. The standard InChI is InChI=1S/C25H25N3O6S/c1-30-18-11-17-22(12-19(18)31-2)35-25(27-17)28(14-15-7-6-8-26-13-15)24(29)16-9-20(32-3)23(34-5)21(10-16)33-4/h6-13H,14H2,1-5H3. The fourth-order valence-electron chi connectivity index (χ4n) is 3.62. The Balaban J connectivity index is 1.83. The number of ether oxygens (including phenoxy) is 5. The van der Waals surface area contributed by atoms with Crippen LogP contribution >= 0.6 is 11.3 Å². The summed E-state index contributed by atoms with van der Waals surface area (Å²) >= 11 is 1.37. The number of hydrogen-bond donors (Lipinski definition) is 0. The number of fused-ring (bicyclic) bond motifs is 1. The zero-order chi connectivity index (χ0) is 24.9. The van der Waals surface area contributed by atoms with Crippen molar-refractivity contribution in [1.29, 1.82) is 0 Å². The molecule has 0 bridgehead atoms. The van der Waals surface area contributed by atoms with Gasteiger partial charge >= 0.3 is 0 Å². The van der Waals surface area contributed by atoms with Crippen molar-refractivity contribution in [3.63, 3.8) is 0 Å². The number of aromatic nitrogens is 2. The molecule has 9 nitrogen and oxygen atoms in total. The molecule has 4 aromatic rings. The van der Waals surface area contributed by atoms with Gasteiger partial charge in [-0.1, -0.05) is 17.4 Å². The molecule has 0 saturated heterocycles. The van der Waals surface area contributed by atoms with E-state index in [1.807, 2.05) is 18.2 Å². The SMILES string of the molecule is COc1cc2nc(N(Cc3cccnc3)C(=O)c3cc(OC)c(OC)c(OC)c3)sc2cc1OC. The van der Waals surface area contributed by atoms with E-state index in [9.17, 15) is 4.79 Å². The van der Waals surface area contributed by atoms with E-state index in [0.717, 1.165) is 10.3 Å². The van der Waals surface area contributed by atoms with Crippen LogP contribution in [0.1, 0.15) is 15.9 Å². The third-order valence-corrected chi connectivity index (χ3v) is 6.37. The molecule has 0 N–H and O–H groups in total. The molecule has 0 aliphatic rings. The van der Waals surface area contributed by atoms with Gasteiger partial charge in [-0.2, -0.15) is 0 Å². The summed E-state index contributed by atoms with van der Waals surface area (Å²) in [5.74, 6) is 2.04. The minimum Gasteiger partial charge on any atom is -0.493 e. The first kappa shape index (κ1) is 24.1. The van der Waals surface area contributed by atoms with Crippen molar-refractivity contribution in [2.75, 3.05) is 40.4 Å². The number of carbonyl (C=O) groups excluding carboxylic acids is 1. The van der Waals surface area contributed by atoms with Gasteiger partial charge in [-0.3, -0.25) is 14.7 Å². The molecule has 0 spiro atoms. The Labute approximate surface area is 206 Å². The summed E-state index contributed by atoms with van der Waals surface area (Å²) in [6.07, 6.45) is 3.40. The van der Waals surface area contributed by atoms with Crippen LogP contribution in [0.25, 0.3) is 10.2 Å². The quantitative estimate of drug-likeness (QED) is 0.333. The Kier molecular flexibility index (Phi) is 7.21. The average Bonchev–Trinajstić information content (AvgIpc) is 3.32. The molecule has 0 saturated carbocycles. The van der Waals surface area contributed by atoms with Gasteiger partial charge in [-0.25, -0.2) is 4.98 Å². The van der Waals surface area contributed by atoms with E-state index in [1.54, 1.807) is 49.7 Å². The number of pyridine rings is 1. The molecule has 0 unspecified atom stereocenters. The molecule has 10 heteroatoms. The maximum absolute atomic E-state index is 13.9. The second-order valence-electron chi connectivity index (χ2n) is 7.34.